The summed E-state index contributed by atoms with van der Waals surface area (Å²) in [6.45, 7) is 2.10. The Morgan fingerprint density at radius 3 is 2.47 bits per heavy atom. The van der Waals surface area contributed by atoms with Crippen molar-refractivity contribution in [2.45, 2.75) is 57.0 Å². The number of carbonyl (C=O) groups is 1. The number of carboxylic acids is 1. The minimum absolute atomic E-state index is 0.286. The third-order valence-electron chi connectivity index (χ3n) is 4.35. The molecule has 0 heterocycles. The van der Waals surface area contributed by atoms with Crippen LogP contribution in [0.25, 0.3) is 0 Å². The molecule has 3 heteroatoms. The van der Waals surface area contributed by atoms with Crippen molar-refractivity contribution < 1.29 is 9.90 Å². The van der Waals surface area contributed by atoms with Crippen LogP contribution in [-0.4, -0.2) is 34.6 Å². The molecule has 0 aromatic heterocycles. The fourth-order valence-corrected chi connectivity index (χ4v) is 3.11. The smallest absolute Gasteiger partial charge is 0.324 e. The van der Waals surface area contributed by atoms with Crippen LogP contribution in [0.4, 0.5) is 0 Å². The highest BCUT2D eigenvalue weighted by molar-refractivity contribution is 5.79. The zero-order valence-electron chi connectivity index (χ0n) is 9.70. The number of rotatable bonds is 3. The number of aliphatic carboxylic acids is 1. The lowest BCUT2D eigenvalue weighted by Gasteiger charge is -2.45. The van der Waals surface area contributed by atoms with Gasteiger partial charge in [-0.15, -0.1) is 0 Å². The Bertz CT molecular complexity index is 262. The molecule has 2 atom stereocenters. The van der Waals surface area contributed by atoms with Crippen LogP contribution >= 0.6 is 0 Å². The first-order valence-electron chi connectivity index (χ1n) is 6.05. The Hall–Kier alpha value is -0.570. The second-order valence-corrected chi connectivity index (χ2v) is 5.22. The first-order chi connectivity index (χ1) is 7.09. The summed E-state index contributed by atoms with van der Waals surface area (Å²) >= 11 is 0. The Labute approximate surface area is 91.5 Å². The van der Waals surface area contributed by atoms with Gasteiger partial charge in [0.25, 0.3) is 0 Å². The summed E-state index contributed by atoms with van der Waals surface area (Å²) in [5, 5.41) is 9.56. The van der Waals surface area contributed by atoms with Gasteiger partial charge in [0.05, 0.1) is 0 Å². The van der Waals surface area contributed by atoms with E-state index in [4.69, 9.17) is 0 Å². The Kier molecular flexibility index (Phi) is 2.75. The lowest BCUT2D eigenvalue weighted by Crippen LogP contribution is -2.59. The van der Waals surface area contributed by atoms with E-state index in [1.54, 1.807) is 0 Å². The quantitative estimate of drug-likeness (QED) is 0.777. The largest absolute Gasteiger partial charge is 0.480 e. The number of nitrogens with zero attached hydrogens (tertiary/aromatic N) is 1. The van der Waals surface area contributed by atoms with Crippen LogP contribution in [0, 0.1) is 5.92 Å². The molecule has 0 radical (unpaired) electrons. The summed E-state index contributed by atoms with van der Waals surface area (Å²) in [5.74, 6) is -0.321. The zero-order chi connectivity index (χ0) is 11.1. The van der Waals surface area contributed by atoms with Crippen molar-refractivity contribution in [3.63, 3.8) is 0 Å². The molecule has 86 valence electrons. The first-order valence-corrected chi connectivity index (χ1v) is 6.05. The van der Waals surface area contributed by atoms with Gasteiger partial charge >= 0.3 is 5.97 Å². The van der Waals surface area contributed by atoms with E-state index in [0.717, 1.165) is 19.3 Å². The van der Waals surface area contributed by atoms with E-state index in [1.807, 2.05) is 7.05 Å². The molecule has 0 aromatic carbocycles. The first kappa shape index (κ1) is 10.9. The summed E-state index contributed by atoms with van der Waals surface area (Å²) in [6.07, 6.45) is 6.50. The van der Waals surface area contributed by atoms with E-state index in [1.165, 1.54) is 19.3 Å². The van der Waals surface area contributed by atoms with Gasteiger partial charge in [0.2, 0.25) is 0 Å². The van der Waals surface area contributed by atoms with Crippen LogP contribution in [0.2, 0.25) is 0 Å². The molecule has 2 unspecified atom stereocenters. The lowest BCUT2D eigenvalue weighted by molar-refractivity contribution is -0.157. The summed E-state index contributed by atoms with van der Waals surface area (Å²) in [4.78, 5) is 13.8. The van der Waals surface area contributed by atoms with Crippen LogP contribution in [0.5, 0.6) is 0 Å². The average Bonchev–Trinajstić information content (AvgIpc) is 3.00. The molecule has 2 saturated carbocycles. The summed E-state index contributed by atoms with van der Waals surface area (Å²) in [7, 11) is 2.01. The molecule has 0 spiro atoms. The summed E-state index contributed by atoms with van der Waals surface area (Å²) in [6, 6.07) is 0.529. The molecule has 2 fully saturated rings. The maximum Gasteiger partial charge on any atom is 0.324 e. The van der Waals surface area contributed by atoms with E-state index in [0.29, 0.717) is 6.04 Å². The van der Waals surface area contributed by atoms with Crippen LogP contribution in [0.3, 0.4) is 0 Å². The second-order valence-electron chi connectivity index (χ2n) is 5.22. The highest BCUT2D eigenvalue weighted by Gasteiger charge is 2.51. The van der Waals surface area contributed by atoms with Gasteiger partial charge in [0, 0.05) is 6.04 Å². The molecule has 0 aliphatic heterocycles. The molecule has 0 saturated heterocycles. The van der Waals surface area contributed by atoms with Crippen molar-refractivity contribution in [1.29, 1.82) is 0 Å². The van der Waals surface area contributed by atoms with Crippen molar-refractivity contribution >= 4 is 5.97 Å². The van der Waals surface area contributed by atoms with Gasteiger partial charge in [-0.25, -0.2) is 0 Å². The van der Waals surface area contributed by atoms with Gasteiger partial charge in [-0.1, -0.05) is 19.8 Å². The molecule has 1 N–H and O–H groups in total. The van der Waals surface area contributed by atoms with Gasteiger partial charge in [-0.2, -0.15) is 0 Å². The molecule has 2 aliphatic carbocycles. The highest BCUT2D eigenvalue weighted by Crippen LogP contribution is 2.43. The van der Waals surface area contributed by atoms with Crippen molar-refractivity contribution in [2.24, 2.45) is 5.92 Å². The SMILES string of the molecule is CC1CCCCC1(C(=O)O)N(C)C1CC1. The third-order valence-corrected chi connectivity index (χ3v) is 4.35. The lowest BCUT2D eigenvalue weighted by atomic mass is 9.72. The third kappa shape index (κ3) is 1.67. The van der Waals surface area contributed by atoms with E-state index >= 15 is 0 Å². The Balaban J connectivity index is 2.24. The number of hydrogen-bond acceptors (Lipinski definition) is 2. The maximum absolute atomic E-state index is 11.6. The average molecular weight is 211 g/mol. The van der Waals surface area contributed by atoms with Crippen LogP contribution < -0.4 is 0 Å². The van der Waals surface area contributed by atoms with Gasteiger partial charge in [0.1, 0.15) is 5.54 Å². The zero-order valence-corrected chi connectivity index (χ0v) is 9.70. The number of carboxylic acid groups (broad SMARTS) is 1. The van der Waals surface area contributed by atoms with Crippen molar-refractivity contribution in [2.75, 3.05) is 7.05 Å². The van der Waals surface area contributed by atoms with Crippen molar-refractivity contribution in [3.05, 3.63) is 0 Å². The molecule has 2 aliphatic rings. The molecule has 0 amide bonds. The van der Waals surface area contributed by atoms with Crippen molar-refractivity contribution in [3.8, 4) is 0 Å². The number of hydrogen-bond donors (Lipinski definition) is 1. The predicted molar refractivity (Wildman–Crippen MR) is 58.8 cm³/mol. The molecule has 15 heavy (non-hydrogen) atoms. The monoisotopic (exact) mass is 211 g/mol. The summed E-state index contributed by atoms with van der Waals surface area (Å²) < 4.78 is 0. The van der Waals surface area contributed by atoms with E-state index in [2.05, 4.69) is 11.8 Å². The van der Waals surface area contributed by atoms with E-state index in [-0.39, 0.29) is 5.92 Å². The fraction of sp³-hybridized carbons (Fsp3) is 0.917. The molecular formula is C12H21NO2. The standard InChI is InChI=1S/C12H21NO2/c1-9-5-3-4-8-12(9,11(14)15)13(2)10-6-7-10/h9-10H,3-8H2,1-2H3,(H,14,15). The van der Waals surface area contributed by atoms with E-state index < -0.39 is 11.5 Å². The van der Waals surface area contributed by atoms with Gasteiger partial charge < -0.3 is 5.11 Å². The molecule has 0 aromatic rings. The second kappa shape index (κ2) is 3.78. The topological polar surface area (TPSA) is 40.5 Å². The summed E-state index contributed by atoms with van der Waals surface area (Å²) in [5.41, 5.74) is -0.570. The van der Waals surface area contributed by atoms with Crippen LogP contribution in [0.15, 0.2) is 0 Å². The molecular weight excluding hydrogens is 190 g/mol. The van der Waals surface area contributed by atoms with Crippen LogP contribution in [0.1, 0.15) is 45.4 Å². The van der Waals surface area contributed by atoms with Gasteiger partial charge in [-0.05, 0) is 38.6 Å². The molecule has 3 nitrogen and oxygen atoms in total. The van der Waals surface area contributed by atoms with Crippen LogP contribution in [-0.2, 0) is 4.79 Å². The minimum atomic E-state index is -0.607. The van der Waals surface area contributed by atoms with Gasteiger partial charge in [-0.3, -0.25) is 9.69 Å². The highest BCUT2D eigenvalue weighted by atomic mass is 16.4. The minimum Gasteiger partial charge on any atom is -0.480 e. The normalized spacial score (nSPS) is 36.9. The molecule has 0 bridgehead atoms. The Morgan fingerprint density at radius 2 is 2.00 bits per heavy atom. The molecule has 2 rings (SSSR count). The van der Waals surface area contributed by atoms with E-state index in [9.17, 15) is 9.90 Å². The maximum atomic E-state index is 11.6. The van der Waals surface area contributed by atoms with Crippen molar-refractivity contribution in [1.82, 2.24) is 4.90 Å². The van der Waals surface area contributed by atoms with Gasteiger partial charge in [0.15, 0.2) is 0 Å². The Morgan fingerprint density at radius 1 is 1.33 bits per heavy atom. The predicted octanol–water partition coefficient (Wildman–Crippen LogP) is 2.11. The number of likely N-dealkylation sites (N-methyl/N-ethyl adjacent to an activating group) is 1. The fourth-order valence-electron chi connectivity index (χ4n) is 3.11.